The number of carbonyl (C=O) groups is 1. The van der Waals surface area contributed by atoms with E-state index in [4.69, 9.17) is 5.73 Å². The van der Waals surface area contributed by atoms with Crippen LogP contribution in [0.3, 0.4) is 0 Å². The van der Waals surface area contributed by atoms with E-state index in [9.17, 15) is 4.79 Å². The number of ketones is 1. The highest BCUT2D eigenvalue weighted by molar-refractivity contribution is 7.13. The molecule has 0 saturated heterocycles. The van der Waals surface area contributed by atoms with Crippen LogP contribution in [0.1, 0.15) is 78.6 Å². The monoisotopic (exact) mass is 317 g/mol. The summed E-state index contributed by atoms with van der Waals surface area (Å²) in [7, 11) is 0. The Bertz CT molecular complexity index is 636. The largest absolute Gasteiger partial charge is 0.327 e. The van der Waals surface area contributed by atoms with E-state index in [1.807, 2.05) is 11.3 Å². The molecule has 0 fully saturated rings. The molecule has 120 valence electrons. The lowest BCUT2D eigenvalue weighted by atomic mass is 9.75. The van der Waals surface area contributed by atoms with Crippen molar-refractivity contribution in [2.75, 3.05) is 6.54 Å². The highest BCUT2D eigenvalue weighted by Gasteiger charge is 2.33. The van der Waals surface area contributed by atoms with E-state index >= 15 is 0 Å². The molecule has 0 atom stereocenters. The second-order valence-corrected chi connectivity index (χ2v) is 8.70. The van der Waals surface area contributed by atoms with Crippen molar-refractivity contribution in [3.63, 3.8) is 0 Å². The Balaban J connectivity index is 2.15. The molecule has 2 N–H and O–H groups in total. The van der Waals surface area contributed by atoms with Crippen molar-refractivity contribution in [1.29, 1.82) is 0 Å². The van der Waals surface area contributed by atoms with E-state index in [0.29, 0.717) is 12.0 Å². The van der Waals surface area contributed by atoms with Gasteiger partial charge in [0.1, 0.15) is 0 Å². The molecule has 0 amide bonds. The number of allylic oxidation sites excluding steroid dienone is 1. The maximum Gasteiger partial charge on any atom is 0.161 e. The summed E-state index contributed by atoms with van der Waals surface area (Å²) >= 11 is 1.88. The van der Waals surface area contributed by atoms with Gasteiger partial charge < -0.3 is 5.73 Å². The molecule has 0 bridgehead atoms. The molecule has 2 nitrogen and oxygen atoms in total. The molecule has 0 unspecified atom stereocenters. The van der Waals surface area contributed by atoms with Crippen LogP contribution in [0.15, 0.2) is 5.57 Å². The predicted molar refractivity (Wildman–Crippen MR) is 94.6 cm³/mol. The molecule has 0 aromatic carbocycles. The van der Waals surface area contributed by atoms with Crippen LogP contribution in [0.5, 0.6) is 0 Å². The van der Waals surface area contributed by atoms with Gasteiger partial charge in [-0.2, -0.15) is 0 Å². The van der Waals surface area contributed by atoms with Crippen LogP contribution < -0.4 is 5.73 Å². The molecule has 0 spiro atoms. The van der Waals surface area contributed by atoms with Gasteiger partial charge >= 0.3 is 0 Å². The third kappa shape index (κ3) is 2.81. The van der Waals surface area contributed by atoms with Crippen molar-refractivity contribution in [3.05, 3.63) is 26.5 Å². The first-order valence-electron chi connectivity index (χ1n) is 8.50. The molecule has 2 aliphatic rings. The minimum atomic E-state index is 0.236. The molecule has 3 rings (SSSR count). The van der Waals surface area contributed by atoms with Gasteiger partial charge in [-0.15, -0.1) is 11.3 Å². The number of nitrogens with two attached hydrogens (primary N) is 1. The molecule has 1 aromatic heterocycles. The van der Waals surface area contributed by atoms with E-state index in [2.05, 4.69) is 13.8 Å². The van der Waals surface area contributed by atoms with Crippen molar-refractivity contribution in [2.45, 2.75) is 65.7 Å². The second kappa shape index (κ2) is 5.93. The molecule has 1 heterocycles. The van der Waals surface area contributed by atoms with Gasteiger partial charge in [0, 0.05) is 21.9 Å². The molecular weight excluding hydrogens is 290 g/mol. The maximum absolute atomic E-state index is 12.4. The van der Waals surface area contributed by atoms with Gasteiger partial charge in [0.25, 0.3) is 0 Å². The fourth-order valence-electron chi connectivity index (χ4n) is 3.97. The zero-order chi connectivity index (χ0) is 15.9. The van der Waals surface area contributed by atoms with Crippen molar-refractivity contribution in [3.8, 4) is 0 Å². The third-order valence-corrected chi connectivity index (χ3v) is 6.58. The van der Waals surface area contributed by atoms with Gasteiger partial charge in [0.2, 0.25) is 0 Å². The minimum Gasteiger partial charge on any atom is -0.327 e. The minimum absolute atomic E-state index is 0.236. The lowest BCUT2D eigenvalue weighted by molar-refractivity contribution is 0.101. The third-order valence-electron chi connectivity index (χ3n) is 5.23. The molecule has 3 heteroatoms. The number of thiophene rings is 1. The van der Waals surface area contributed by atoms with Gasteiger partial charge in [-0.25, -0.2) is 0 Å². The van der Waals surface area contributed by atoms with Crippen molar-refractivity contribution >= 4 is 22.7 Å². The molecule has 0 aliphatic heterocycles. The number of aryl methyl sites for hydroxylation is 1. The van der Waals surface area contributed by atoms with Crippen LogP contribution in [0.25, 0.3) is 5.57 Å². The predicted octanol–water partition coefficient (Wildman–Crippen LogP) is 4.75. The molecule has 22 heavy (non-hydrogen) atoms. The van der Waals surface area contributed by atoms with E-state index in [0.717, 1.165) is 31.2 Å². The summed E-state index contributed by atoms with van der Waals surface area (Å²) in [6.45, 7) is 7.02. The Morgan fingerprint density at radius 2 is 1.95 bits per heavy atom. The van der Waals surface area contributed by atoms with Gasteiger partial charge in [-0.3, -0.25) is 4.79 Å². The van der Waals surface area contributed by atoms with E-state index in [1.54, 1.807) is 6.92 Å². The topological polar surface area (TPSA) is 43.1 Å². The molecule has 2 aliphatic carbocycles. The number of carbonyl (C=O) groups excluding carboxylic acids is 1. The normalized spacial score (nSPS) is 20.9. The first-order chi connectivity index (χ1) is 10.4. The fourth-order valence-corrected chi connectivity index (χ4v) is 5.46. The van der Waals surface area contributed by atoms with Crippen LogP contribution in [0.2, 0.25) is 0 Å². The average molecular weight is 317 g/mol. The van der Waals surface area contributed by atoms with Gasteiger partial charge in [0.15, 0.2) is 5.78 Å². The zero-order valence-corrected chi connectivity index (χ0v) is 14.9. The van der Waals surface area contributed by atoms with Gasteiger partial charge in [-0.1, -0.05) is 19.4 Å². The summed E-state index contributed by atoms with van der Waals surface area (Å²) < 4.78 is 0. The Morgan fingerprint density at radius 1 is 1.23 bits per heavy atom. The van der Waals surface area contributed by atoms with E-state index in [-0.39, 0.29) is 5.78 Å². The Kier molecular flexibility index (Phi) is 4.30. The average Bonchev–Trinajstić information content (AvgIpc) is 2.84. The lowest BCUT2D eigenvalue weighted by Crippen LogP contribution is -2.22. The summed E-state index contributed by atoms with van der Waals surface area (Å²) in [6.07, 6.45) is 8.05. The van der Waals surface area contributed by atoms with Crippen LogP contribution in [-0.2, 0) is 12.8 Å². The number of Topliss-reactive ketones (excluding diaryl/α,β-unsaturated/α-hetero) is 1. The van der Waals surface area contributed by atoms with Gasteiger partial charge in [0.05, 0.1) is 0 Å². The molecule has 1 aromatic rings. The first-order valence-corrected chi connectivity index (χ1v) is 9.31. The molecule has 0 radical (unpaired) electrons. The van der Waals surface area contributed by atoms with Gasteiger partial charge in [-0.05, 0) is 68.4 Å². The van der Waals surface area contributed by atoms with Crippen molar-refractivity contribution in [1.82, 2.24) is 0 Å². The highest BCUT2D eigenvalue weighted by atomic mass is 32.1. The quantitative estimate of drug-likeness (QED) is 0.817. The molecule has 0 saturated carbocycles. The van der Waals surface area contributed by atoms with Crippen LogP contribution in [0.4, 0.5) is 0 Å². The standard InChI is InChI=1S/C19H27NOS/c1-12(21)17-15-10-19(2,3)9-8-16(15)22-18(17)14-7-5-4-6-13(14)11-20/h4-11,20H2,1-3H3. The summed E-state index contributed by atoms with van der Waals surface area (Å²) in [5.41, 5.74) is 11.4. The van der Waals surface area contributed by atoms with E-state index < -0.39 is 0 Å². The fraction of sp³-hybridized carbons (Fsp3) is 0.632. The highest BCUT2D eigenvalue weighted by Crippen LogP contribution is 2.46. The van der Waals surface area contributed by atoms with Crippen LogP contribution in [-0.4, -0.2) is 12.3 Å². The maximum atomic E-state index is 12.4. The number of fused-ring (bicyclic) bond motifs is 1. The molecular formula is C19H27NOS. The SMILES string of the molecule is CC(=O)c1c(C2=C(CN)CCCC2)sc2c1CC(C)(C)CC2. The van der Waals surface area contributed by atoms with E-state index in [1.165, 1.54) is 45.7 Å². The van der Waals surface area contributed by atoms with Crippen LogP contribution >= 0.6 is 11.3 Å². The van der Waals surface area contributed by atoms with Crippen molar-refractivity contribution < 1.29 is 4.79 Å². The summed E-state index contributed by atoms with van der Waals surface area (Å²) in [4.78, 5) is 15.1. The summed E-state index contributed by atoms with van der Waals surface area (Å²) in [5.74, 6) is 0.236. The Morgan fingerprint density at radius 3 is 2.64 bits per heavy atom. The number of hydrogen-bond acceptors (Lipinski definition) is 3. The smallest absolute Gasteiger partial charge is 0.161 e. The summed E-state index contributed by atoms with van der Waals surface area (Å²) in [6, 6.07) is 0. The summed E-state index contributed by atoms with van der Waals surface area (Å²) in [5, 5.41) is 0. The van der Waals surface area contributed by atoms with Crippen molar-refractivity contribution in [2.24, 2.45) is 11.1 Å². The zero-order valence-electron chi connectivity index (χ0n) is 14.1. The number of rotatable bonds is 3. The Hall–Kier alpha value is -0.930. The van der Waals surface area contributed by atoms with Crippen LogP contribution in [0, 0.1) is 5.41 Å². The Labute approximate surface area is 137 Å². The second-order valence-electron chi connectivity index (χ2n) is 7.60. The first kappa shape index (κ1) is 15.9. The number of hydrogen-bond donors (Lipinski definition) is 1. The lowest BCUT2D eigenvalue weighted by Gasteiger charge is -2.29.